The predicted molar refractivity (Wildman–Crippen MR) is 132 cm³/mol. The van der Waals surface area contributed by atoms with Crippen molar-refractivity contribution in [3.05, 3.63) is 60.2 Å². The van der Waals surface area contributed by atoms with Crippen molar-refractivity contribution < 1.29 is 31.4 Å². The molecule has 8 nitrogen and oxygen atoms in total. The van der Waals surface area contributed by atoms with Crippen molar-refractivity contribution in [3.63, 3.8) is 0 Å². The highest BCUT2D eigenvalue weighted by molar-refractivity contribution is 7.81. The van der Waals surface area contributed by atoms with E-state index in [0.29, 0.717) is 38.0 Å². The minimum Gasteiger partial charge on any atom is -0.504 e. The van der Waals surface area contributed by atoms with Gasteiger partial charge in [0.2, 0.25) is 0 Å². The number of hydrogen-bond donors (Lipinski definition) is 2. The molecule has 2 unspecified atom stereocenters. The number of aliphatic hydroxyl groups is 1. The third kappa shape index (κ3) is 3.13. The molecule has 2 aromatic carbocycles. The van der Waals surface area contributed by atoms with Gasteiger partial charge in [-0.3, -0.25) is 4.90 Å². The van der Waals surface area contributed by atoms with Crippen LogP contribution in [0, 0.1) is 0 Å². The molecule has 2 fully saturated rings. The van der Waals surface area contributed by atoms with Crippen LogP contribution >= 0.6 is 0 Å². The number of phenolic OH excluding ortho intramolecular Hbond substituents is 1. The maximum atomic E-state index is 12.9. The fourth-order valence-electron chi connectivity index (χ4n) is 7.43. The van der Waals surface area contributed by atoms with E-state index in [9.17, 15) is 22.5 Å². The molecule has 2 N–H and O–H groups in total. The largest absolute Gasteiger partial charge is 0.504 e. The number of aromatic hydroxyl groups is 1. The van der Waals surface area contributed by atoms with Gasteiger partial charge in [0, 0.05) is 30.9 Å². The van der Waals surface area contributed by atoms with E-state index in [0.717, 1.165) is 23.4 Å². The van der Waals surface area contributed by atoms with Gasteiger partial charge in [0.1, 0.15) is 11.9 Å². The Morgan fingerprint density at radius 2 is 2.03 bits per heavy atom. The number of hydrogen-bond acceptors (Lipinski definition) is 8. The SMILES string of the molecule is C=CCN1CC[C@]23c4c5ccc(O)c4OC2[C@H](N(C)c2ccc(OS(=O)(=O)F)cc2)CC[C@@]3(O)C1C5. The number of phenols is 1. The summed E-state index contributed by atoms with van der Waals surface area (Å²) in [4.78, 5) is 4.36. The molecule has 36 heavy (non-hydrogen) atoms. The Morgan fingerprint density at radius 3 is 2.72 bits per heavy atom. The van der Waals surface area contributed by atoms with E-state index >= 15 is 0 Å². The summed E-state index contributed by atoms with van der Waals surface area (Å²) in [5.41, 5.74) is 1.13. The number of likely N-dealkylation sites (tertiary alicyclic amines) is 1. The zero-order valence-corrected chi connectivity index (χ0v) is 20.7. The summed E-state index contributed by atoms with van der Waals surface area (Å²) in [6.07, 6.45) is 4.06. The molecular weight excluding hydrogens is 487 g/mol. The standard InChI is InChI=1S/C26H29FN2O6S/c1-3-13-29-14-12-25-22-16-4-9-20(30)23(22)34-24(25)19(10-11-26(25,31)21(29)15-16)28(2)17-5-7-18(8-6-17)35-36(27,32)33/h3-9,19,21,24,30-31H,1,10-15H2,2H3/t19-,21?,24?,25+,26-/m1/s1. The number of benzene rings is 2. The van der Waals surface area contributed by atoms with Gasteiger partial charge in [-0.25, -0.2) is 0 Å². The van der Waals surface area contributed by atoms with E-state index in [1.54, 1.807) is 18.2 Å². The van der Waals surface area contributed by atoms with Crippen LogP contribution in [0.25, 0.3) is 0 Å². The first-order valence-electron chi connectivity index (χ1n) is 12.2. The Labute approximate surface area is 210 Å². The van der Waals surface area contributed by atoms with Crippen molar-refractivity contribution in [2.75, 3.05) is 25.0 Å². The first kappa shape index (κ1) is 23.6. The van der Waals surface area contributed by atoms with Crippen LogP contribution in [-0.2, 0) is 22.3 Å². The number of nitrogens with zero attached hydrogens (tertiary/aromatic N) is 2. The lowest BCUT2D eigenvalue weighted by Crippen LogP contribution is -2.78. The van der Waals surface area contributed by atoms with Crippen LogP contribution in [-0.4, -0.2) is 67.5 Å². The van der Waals surface area contributed by atoms with E-state index in [4.69, 9.17) is 4.74 Å². The smallest absolute Gasteiger partial charge is 0.488 e. The maximum Gasteiger partial charge on any atom is 0.488 e. The van der Waals surface area contributed by atoms with Crippen LogP contribution in [0.15, 0.2) is 49.1 Å². The Balaban J connectivity index is 1.41. The highest BCUT2D eigenvalue weighted by Gasteiger charge is 2.73. The van der Waals surface area contributed by atoms with Crippen molar-refractivity contribution in [3.8, 4) is 17.2 Å². The van der Waals surface area contributed by atoms with Crippen molar-refractivity contribution in [2.24, 2.45) is 0 Å². The van der Waals surface area contributed by atoms with Gasteiger partial charge >= 0.3 is 10.5 Å². The van der Waals surface area contributed by atoms with E-state index in [2.05, 4.69) is 20.6 Å². The average molecular weight is 517 g/mol. The Morgan fingerprint density at radius 1 is 1.28 bits per heavy atom. The normalized spacial score (nSPS) is 32.4. The lowest BCUT2D eigenvalue weighted by Gasteiger charge is -2.64. The van der Waals surface area contributed by atoms with Crippen LogP contribution in [0.3, 0.4) is 0 Å². The van der Waals surface area contributed by atoms with Gasteiger partial charge in [0.05, 0.1) is 17.1 Å². The molecule has 2 aliphatic heterocycles. The predicted octanol–water partition coefficient (Wildman–Crippen LogP) is 2.83. The topological polar surface area (TPSA) is 99.5 Å². The molecule has 4 aliphatic rings. The number of halogens is 1. The molecule has 0 aromatic heterocycles. The molecule has 2 bridgehead atoms. The molecule has 10 heteroatoms. The number of anilines is 1. The summed E-state index contributed by atoms with van der Waals surface area (Å²) in [5.74, 6) is 0.445. The van der Waals surface area contributed by atoms with Crippen LogP contribution < -0.4 is 13.8 Å². The highest BCUT2D eigenvalue weighted by atomic mass is 32.3. The Hall–Kier alpha value is -2.82. The molecule has 0 radical (unpaired) electrons. The Bertz CT molecular complexity index is 1330. The molecule has 6 rings (SSSR count). The second-order valence-electron chi connectivity index (χ2n) is 10.3. The molecular formula is C26H29FN2O6S. The van der Waals surface area contributed by atoms with Crippen LogP contribution in [0.1, 0.15) is 30.4 Å². The van der Waals surface area contributed by atoms with Gasteiger partial charge < -0.3 is 24.0 Å². The molecule has 5 atom stereocenters. The molecule has 1 saturated carbocycles. The van der Waals surface area contributed by atoms with Crippen LogP contribution in [0.5, 0.6) is 17.2 Å². The van der Waals surface area contributed by atoms with Crippen LogP contribution in [0.2, 0.25) is 0 Å². The second kappa shape index (κ2) is 7.84. The summed E-state index contributed by atoms with van der Waals surface area (Å²) in [6, 6.07) is 9.56. The summed E-state index contributed by atoms with van der Waals surface area (Å²) in [6.45, 7) is 5.39. The van der Waals surface area contributed by atoms with Crippen molar-refractivity contribution in [2.45, 2.75) is 54.9 Å². The quantitative estimate of drug-likeness (QED) is 0.447. The number of piperidine rings is 1. The molecule has 0 amide bonds. The second-order valence-corrected chi connectivity index (χ2v) is 11.3. The lowest BCUT2D eigenvalue weighted by atomic mass is 9.48. The zero-order valence-electron chi connectivity index (χ0n) is 19.9. The number of likely N-dealkylation sites (N-methyl/N-ethyl adjacent to an activating group) is 1. The van der Waals surface area contributed by atoms with Gasteiger partial charge in [-0.05, 0) is 68.1 Å². The summed E-state index contributed by atoms with van der Waals surface area (Å²) < 4.78 is 45.4. The summed E-state index contributed by atoms with van der Waals surface area (Å²) >= 11 is 0. The molecule has 2 heterocycles. The summed E-state index contributed by atoms with van der Waals surface area (Å²) in [5, 5.41) is 23.2. The van der Waals surface area contributed by atoms with E-state index in [1.807, 2.05) is 19.2 Å². The number of ether oxygens (including phenoxy) is 1. The number of rotatable bonds is 6. The summed E-state index contributed by atoms with van der Waals surface area (Å²) in [7, 11) is -3.18. The first-order valence-corrected chi connectivity index (χ1v) is 13.5. The van der Waals surface area contributed by atoms with E-state index < -0.39 is 27.6 Å². The molecule has 2 aliphatic carbocycles. The maximum absolute atomic E-state index is 12.9. The van der Waals surface area contributed by atoms with Crippen molar-refractivity contribution in [1.29, 1.82) is 0 Å². The van der Waals surface area contributed by atoms with Gasteiger partial charge in [-0.2, -0.15) is 8.42 Å². The average Bonchev–Trinajstić information content (AvgIpc) is 3.17. The monoisotopic (exact) mass is 516 g/mol. The molecule has 2 aromatic rings. The van der Waals surface area contributed by atoms with Gasteiger partial charge in [0.25, 0.3) is 0 Å². The van der Waals surface area contributed by atoms with Crippen LogP contribution in [0.4, 0.5) is 9.57 Å². The first-order chi connectivity index (χ1) is 17.1. The zero-order chi connectivity index (χ0) is 25.5. The fraction of sp³-hybridized carbons (Fsp3) is 0.462. The van der Waals surface area contributed by atoms with E-state index in [1.165, 1.54) is 12.1 Å². The minimum atomic E-state index is -5.10. The lowest BCUT2D eigenvalue weighted by molar-refractivity contribution is -0.187. The van der Waals surface area contributed by atoms with Gasteiger partial charge in [-0.15, -0.1) is 6.58 Å². The Kier molecular flexibility index (Phi) is 5.13. The minimum absolute atomic E-state index is 0.0799. The van der Waals surface area contributed by atoms with Crippen molar-refractivity contribution >= 4 is 16.2 Å². The molecule has 1 saturated heterocycles. The third-order valence-corrected chi connectivity index (χ3v) is 9.23. The molecule has 192 valence electrons. The van der Waals surface area contributed by atoms with Gasteiger partial charge in [0.15, 0.2) is 11.5 Å². The fourth-order valence-corrected chi connectivity index (χ4v) is 7.77. The highest BCUT2D eigenvalue weighted by Crippen LogP contribution is 2.65. The molecule has 1 spiro atoms. The van der Waals surface area contributed by atoms with Crippen molar-refractivity contribution in [1.82, 2.24) is 4.90 Å². The third-order valence-electron chi connectivity index (χ3n) is 8.84. The van der Waals surface area contributed by atoms with Gasteiger partial charge in [-0.1, -0.05) is 16.0 Å². The van der Waals surface area contributed by atoms with E-state index in [-0.39, 0.29) is 23.6 Å².